The molecule has 0 saturated heterocycles. The highest BCUT2D eigenvalue weighted by molar-refractivity contribution is 5.92. The molecule has 120 valence electrons. The van der Waals surface area contributed by atoms with Gasteiger partial charge in [-0.3, -0.25) is 0 Å². The lowest BCUT2D eigenvalue weighted by Gasteiger charge is -2.27. The highest BCUT2D eigenvalue weighted by atomic mass is 16.5. The number of carbonyl (C=O) groups is 1. The summed E-state index contributed by atoms with van der Waals surface area (Å²) in [5.74, 6) is 0.506. The summed E-state index contributed by atoms with van der Waals surface area (Å²) in [5, 5.41) is 3.45. The molecule has 1 aromatic carbocycles. The number of carbonyl (C=O) groups excluding carboxylic acids is 1. The zero-order valence-corrected chi connectivity index (χ0v) is 13.3. The molecule has 1 aliphatic carbocycles. The maximum Gasteiger partial charge on any atom is 0.343 e. The Labute approximate surface area is 135 Å². The Morgan fingerprint density at radius 2 is 2.04 bits per heavy atom. The quantitative estimate of drug-likeness (QED) is 0.877. The van der Waals surface area contributed by atoms with Gasteiger partial charge in [0.25, 0.3) is 0 Å². The van der Waals surface area contributed by atoms with E-state index < -0.39 is 5.97 Å². The molecule has 0 radical (unpaired) electrons. The number of hydrogen-bond donors (Lipinski definition) is 1. The van der Waals surface area contributed by atoms with Crippen LogP contribution in [0.1, 0.15) is 40.4 Å². The summed E-state index contributed by atoms with van der Waals surface area (Å²) in [5.41, 5.74) is 3.02. The fourth-order valence-corrected chi connectivity index (χ4v) is 3.02. The fraction of sp³-hybridized carbons (Fsp3) is 0.333. The van der Waals surface area contributed by atoms with Crippen LogP contribution in [0.15, 0.2) is 36.4 Å². The van der Waals surface area contributed by atoms with Crippen molar-refractivity contribution in [2.75, 3.05) is 19.5 Å². The summed E-state index contributed by atoms with van der Waals surface area (Å²) in [6.45, 7) is 0. The second kappa shape index (κ2) is 6.69. The standard InChI is InChI=1S/C18H20N2O3/c1-22-17-14(18(21)23-2)10-11-16(20-17)19-15-9-5-7-12-6-3-4-8-13(12)15/h3-4,6,8,10-11,15H,5,7,9H2,1-2H3,(H,19,20). The van der Waals surface area contributed by atoms with Crippen LogP contribution < -0.4 is 10.1 Å². The molecular formula is C18H20N2O3. The minimum atomic E-state index is -0.455. The maximum atomic E-state index is 11.7. The SMILES string of the molecule is COC(=O)c1ccc(NC2CCCc3ccccc32)nc1OC. The number of aromatic nitrogens is 1. The first-order valence-electron chi connectivity index (χ1n) is 7.70. The van der Waals surface area contributed by atoms with Gasteiger partial charge in [-0.05, 0) is 42.5 Å². The van der Waals surface area contributed by atoms with E-state index in [-0.39, 0.29) is 11.9 Å². The van der Waals surface area contributed by atoms with Crippen LogP contribution in [0.5, 0.6) is 5.88 Å². The topological polar surface area (TPSA) is 60.5 Å². The van der Waals surface area contributed by atoms with Crippen LogP contribution in [0.2, 0.25) is 0 Å². The number of ether oxygens (including phenoxy) is 2. The molecule has 0 fully saturated rings. The average Bonchev–Trinajstić information content (AvgIpc) is 2.61. The third kappa shape index (κ3) is 3.13. The van der Waals surface area contributed by atoms with Gasteiger partial charge in [-0.1, -0.05) is 24.3 Å². The third-order valence-corrected chi connectivity index (χ3v) is 4.15. The normalized spacial score (nSPS) is 16.3. The van der Waals surface area contributed by atoms with E-state index in [2.05, 4.69) is 34.6 Å². The number of benzene rings is 1. The van der Waals surface area contributed by atoms with Gasteiger partial charge in [-0.25, -0.2) is 4.79 Å². The Kier molecular flexibility index (Phi) is 4.46. The highest BCUT2D eigenvalue weighted by Crippen LogP contribution is 2.32. The fourth-order valence-electron chi connectivity index (χ4n) is 3.02. The summed E-state index contributed by atoms with van der Waals surface area (Å²) < 4.78 is 9.95. The number of pyridine rings is 1. The van der Waals surface area contributed by atoms with Crippen LogP contribution in [-0.2, 0) is 11.2 Å². The van der Waals surface area contributed by atoms with Gasteiger partial charge in [0.2, 0.25) is 5.88 Å². The number of anilines is 1. The Morgan fingerprint density at radius 3 is 2.83 bits per heavy atom. The van der Waals surface area contributed by atoms with Gasteiger partial charge in [-0.15, -0.1) is 0 Å². The number of rotatable bonds is 4. The van der Waals surface area contributed by atoms with Crippen molar-refractivity contribution in [2.45, 2.75) is 25.3 Å². The van der Waals surface area contributed by atoms with Crippen molar-refractivity contribution in [3.8, 4) is 5.88 Å². The highest BCUT2D eigenvalue weighted by Gasteiger charge is 2.21. The van der Waals surface area contributed by atoms with Gasteiger partial charge in [0.05, 0.1) is 20.3 Å². The molecule has 1 N–H and O–H groups in total. The minimum absolute atomic E-state index is 0.223. The van der Waals surface area contributed by atoms with E-state index in [9.17, 15) is 4.79 Å². The molecule has 1 heterocycles. The smallest absolute Gasteiger partial charge is 0.343 e. The first kappa shape index (κ1) is 15.3. The zero-order chi connectivity index (χ0) is 16.2. The van der Waals surface area contributed by atoms with Crippen LogP contribution in [0, 0.1) is 0 Å². The number of methoxy groups -OCH3 is 2. The summed E-state index contributed by atoms with van der Waals surface area (Å²) in [4.78, 5) is 16.1. The molecule has 0 spiro atoms. The summed E-state index contributed by atoms with van der Waals surface area (Å²) in [6, 6.07) is 12.2. The molecule has 5 heteroatoms. The van der Waals surface area contributed by atoms with E-state index in [0.717, 1.165) is 19.3 Å². The molecule has 0 bridgehead atoms. The minimum Gasteiger partial charge on any atom is -0.480 e. The van der Waals surface area contributed by atoms with Gasteiger partial charge in [0.15, 0.2) is 0 Å². The van der Waals surface area contributed by atoms with Crippen LogP contribution in [0.25, 0.3) is 0 Å². The van der Waals surface area contributed by atoms with E-state index in [1.165, 1.54) is 25.3 Å². The van der Waals surface area contributed by atoms with Crippen molar-refractivity contribution in [3.63, 3.8) is 0 Å². The van der Waals surface area contributed by atoms with Crippen molar-refractivity contribution < 1.29 is 14.3 Å². The summed E-state index contributed by atoms with van der Waals surface area (Å²) in [7, 11) is 2.83. The summed E-state index contributed by atoms with van der Waals surface area (Å²) >= 11 is 0. The first-order valence-corrected chi connectivity index (χ1v) is 7.70. The van der Waals surface area contributed by atoms with Crippen LogP contribution in [-0.4, -0.2) is 25.2 Å². The van der Waals surface area contributed by atoms with Gasteiger partial charge in [0, 0.05) is 0 Å². The molecule has 0 saturated carbocycles. The van der Waals surface area contributed by atoms with Crippen LogP contribution in [0.4, 0.5) is 5.82 Å². The molecule has 23 heavy (non-hydrogen) atoms. The summed E-state index contributed by atoms with van der Waals surface area (Å²) in [6.07, 6.45) is 3.32. The molecule has 5 nitrogen and oxygen atoms in total. The Morgan fingerprint density at radius 1 is 1.22 bits per heavy atom. The van der Waals surface area contributed by atoms with E-state index in [0.29, 0.717) is 11.4 Å². The van der Waals surface area contributed by atoms with Crippen molar-refractivity contribution in [3.05, 3.63) is 53.1 Å². The molecule has 1 aliphatic rings. The van der Waals surface area contributed by atoms with Crippen LogP contribution in [0.3, 0.4) is 0 Å². The lowest BCUT2D eigenvalue weighted by atomic mass is 9.88. The second-order valence-corrected chi connectivity index (χ2v) is 5.53. The van der Waals surface area contributed by atoms with Gasteiger partial charge in [-0.2, -0.15) is 4.98 Å². The Hall–Kier alpha value is -2.56. The number of nitrogens with one attached hydrogen (secondary N) is 1. The largest absolute Gasteiger partial charge is 0.480 e. The average molecular weight is 312 g/mol. The zero-order valence-electron chi connectivity index (χ0n) is 13.3. The lowest BCUT2D eigenvalue weighted by Crippen LogP contribution is -2.18. The molecule has 1 unspecified atom stereocenters. The molecular weight excluding hydrogens is 292 g/mol. The van der Waals surface area contributed by atoms with Crippen molar-refractivity contribution in [2.24, 2.45) is 0 Å². The van der Waals surface area contributed by atoms with Gasteiger partial charge in [0.1, 0.15) is 11.4 Å². The predicted octanol–water partition coefficient (Wildman–Crippen LogP) is 3.37. The molecule has 1 atom stereocenters. The van der Waals surface area contributed by atoms with E-state index in [1.54, 1.807) is 12.1 Å². The number of fused-ring (bicyclic) bond motifs is 1. The van der Waals surface area contributed by atoms with Crippen molar-refractivity contribution >= 4 is 11.8 Å². The monoisotopic (exact) mass is 312 g/mol. The molecule has 3 rings (SSSR count). The van der Waals surface area contributed by atoms with E-state index in [4.69, 9.17) is 9.47 Å². The Bertz CT molecular complexity index is 715. The lowest BCUT2D eigenvalue weighted by molar-refractivity contribution is 0.0596. The van der Waals surface area contributed by atoms with Crippen LogP contribution >= 0.6 is 0 Å². The number of esters is 1. The number of hydrogen-bond acceptors (Lipinski definition) is 5. The number of nitrogens with zero attached hydrogens (tertiary/aromatic N) is 1. The third-order valence-electron chi connectivity index (χ3n) is 4.15. The van der Waals surface area contributed by atoms with Crippen molar-refractivity contribution in [1.29, 1.82) is 0 Å². The maximum absolute atomic E-state index is 11.7. The molecule has 0 aliphatic heterocycles. The van der Waals surface area contributed by atoms with Crippen molar-refractivity contribution in [1.82, 2.24) is 4.98 Å². The molecule has 2 aromatic rings. The number of aryl methyl sites for hydroxylation is 1. The second-order valence-electron chi connectivity index (χ2n) is 5.53. The van der Waals surface area contributed by atoms with E-state index in [1.807, 2.05) is 0 Å². The molecule has 0 amide bonds. The van der Waals surface area contributed by atoms with E-state index >= 15 is 0 Å². The first-order chi connectivity index (χ1) is 11.2. The van der Waals surface area contributed by atoms with Gasteiger partial charge < -0.3 is 14.8 Å². The van der Waals surface area contributed by atoms with Gasteiger partial charge >= 0.3 is 5.97 Å². The predicted molar refractivity (Wildman–Crippen MR) is 87.9 cm³/mol. The Balaban J connectivity index is 1.85. The molecule has 1 aromatic heterocycles.